The van der Waals surface area contributed by atoms with Crippen molar-refractivity contribution in [2.75, 3.05) is 21.3 Å². The number of fused-ring (bicyclic) bond motifs is 1. The molecule has 4 rings (SSSR count). The third kappa shape index (κ3) is 2.84. The fourth-order valence-corrected chi connectivity index (χ4v) is 2.95. The van der Waals surface area contributed by atoms with Crippen molar-refractivity contribution >= 4 is 17.1 Å². The molecule has 0 aliphatic heterocycles. The Morgan fingerprint density at radius 3 is 2.61 bits per heavy atom. The molecule has 3 aromatic heterocycles. The number of ether oxygens (including phenoxy) is 3. The largest absolute Gasteiger partial charge is 0.497 e. The number of carbonyl (C=O) groups excluding carboxylic acids is 1. The van der Waals surface area contributed by atoms with Crippen LogP contribution in [0.5, 0.6) is 11.5 Å². The molecule has 0 aliphatic rings. The van der Waals surface area contributed by atoms with E-state index in [2.05, 4.69) is 10.1 Å². The van der Waals surface area contributed by atoms with Crippen LogP contribution < -0.4 is 9.47 Å². The lowest BCUT2D eigenvalue weighted by Crippen LogP contribution is -2.04. The second-order valence-electron chi connectivity index (χ2n) is 5.80. The molecule has 0 amide bonds. The normalized spacial score (nSPS) is 10.8. The third-order valence-electron chi connectivity index (χ3n) is 4.29. The van der Waals surface area contributed by atoms with E-state index in [0.29, 0.717) is 39.6 Å². The number of aromatic nitrogens is 2. The maximum absolute atomic E-state index is 12.5. The second-order valence-corrected chi connectivity index (χ2v) is 5.80. The highest BCUT2D eigenvalue weighted by Gasteiger charge is 2.24. The van der Waals surface area contributed by atoms with Gasteiger partial charge in [-0.15, -0.1) is 0 Å². The molecule has 0 N–H and O–H groups in total. The zero-order chi connectivity index (χ0) is 19.7. The summed E-state index contributed by atoms with van der Waals surface area (Å²) in [7, 11) is 4.42. The van der Waals surface area contributed by atoms with Crippen LogP contribution in [0.2, 0.25) is 0 Å². The van der Waals surface area contributed by atoms with Gasteiger partial charge in [0.2, 0.25) is 0 Å². The van der Waals surface area contributed by atoms with Crippen LogP contribution in [-0.4, -0.2) is 37.4 Å². The molecule has 0 atom stereocenters. The van der Waals surface area contributed by atoms with Crippen LogP contribution >= 0.6 is 0 Å². The van der Waals surface area contributed by atoms with Gasteiger partial charge < -0.3 is 23.2 Å². The molecule has 4 aromatic rings. The fraction of sp³-hybridized carbons (Fsp3) is 0.150. The van der Waals surface area contributed by atoms with Crippen LogP contribution in [0.15, 0.2) is 51.6 Å². The van der Waals surface area contributed by atoms with Crippen LogP contribution in [0.1, 0.15) is 10.4 Å². The van der Waals surface area contributed by atoms with E-state index in [9.17, 15) is 4.79 Å². The highest BCUT2D eigenvalue weighted by Crippen LogP contribution is 2.37. The Morgan fingerprint density at radius 1 is 1.07 bits per heavy atom. The van der Waals surface area contributed by atoms with Crippen molar-refractivity contribution < 1.29 is 27.9 Å². The predicted octanol–water partition coefficient (Wildman–Crippen LogP) is 3.95. The SMILES string of the molecule is COC(=O)c1cc(-c2ccc(OC)cc2OC)nc2onc(-c3ccco3)c12. The average Bonchev–Trinajstić information content (AvgIpc) is 3.41. The number of benzene rings is 1. The lowest BCUT2D eigenvalue weighted by molar-refractivity contribution is 0.0603. The minimum atomic E-state index is -0.544. The molecule has 0 unspecified atom stereocenters. The summed E-state index contributed by atoms with van der Waals surface area (Å²) in [6.07, 6.45) is 1.51. The molecule has 0 spiro atoms. The summed E-state index contributed by atoms with van der Waals surface area (Å²) in [5.74, 6) is 1.08. The smallest absolute Gasteiger partial charge is 0.338 e. The molecule has 0 saturated heterocycles. The standard InChI is InChI=1S/C20H16N2O6/c1-24-11-6-7-12(16(9-11)25-2)14-10-13(20(23)26-3)17-18(15-5-4-8-27-15)22-28-19(17)21-14/h4-10H,1-3H3. The van der Waals surface area contributed by atoms with Crippen LogP contribution in [0.3, 0.4) is 0 Å². The topological polar surface area (TPSA) is 96.8 Å². The summed E-state index contributed by atoms with van der Waals surface area (Å²) in [5.41, 5.74) is 1.94. The van der Waals surface area contributed by atoms with E-state index in [0.717, 1.165) is 0 Å². The summed E-state index contributed by atoms with van der Waals surface area (Å²) < 4.78 is 26.4. The van der Waals surface area contributed by atoms with Gasteiger partial charge in [0.05, 0.1) is 44.2 Å². The van der Waals surface area contributed by atoms with Crippen molar-refractivity contribution in [2.45, 2.75) is 0 Å². The van der Waals surface area contributed by atoms with Gasteiger partial charge in [0.1, 0.15) is 11.5 Å². The molecule has 0 bridgehead atoms. The Bertz CT molecular complexity index is 1150. The minimum Gasteiger partial charge on any atom is -0.497 e. The van der Waals surface area contributed by atoms with Crippen molar-refractivity contribution in [2.24, 2.45) is 0 Å². The first kappa shape index (κ1) is 17.6. The summed E-state index contributed by atoms with van der Waals surface area (Å²) in [6, 6.07) is 10.3. The average molecular weight is 380 g/mol. The van der Waals surface area contributed by atoms with E-state index in [4.69, 9.17) is 23.2 Å². The molecule has 142 valence electrons. The first-order chi connectivity index (χ1) is 13.7. The summed E-state index contributed by atoms with van der Waals surface area (Å²) >= 11 is 0. The molecule has 1 aromatic carbocycles. The second kappa shape index (κ2) is 7.07. The number of hydrogen-bond acceptors (Lipinski definition) is 8. The Kier molecular flexibility index (Phi) is 4.44. The third-order valence-corrected chi connectivity index (χ3v) is 4.29. The molecular weight excluding hydrogens is 364 g/mol. The maximum Gasteiger partial charge on any atom is 0.338 e. The van der Waals surface area contributed by atoms with Gasteiger partial charge >= 0.3 is 5.97 Å². The van der Waals surface area contributed by atoms with E-state index in [1.165, 1.54) is 13.4 Å². The molecule has 28 heavy (non-hydrogen) atoms. The number of hydrogen-bond donors (Lipinski definition) is 0. The first-order valence-electron chi connectivity index (χ1n) is 8.31. The van der Waals surface area contributed by atoms with Crippen LogP contribution in [0.25, 0.3) is 33.8 Å². The zero-order valence-electron chi connectivity index (χ0n) is 15.4. The van der Waals surface area contributed by atoms with Crippen molar-refractivity contribution in [1.29, 1.82) is 0 Å². The van der Waals surface area contributed by atoms with Crippen LogP contribution in [0.4, 0.5) is 0 Å². The highest BCUT2D eigenvalue weighted by molar-refractivity contribution is 6.08. The molecular formula is C20H16N2O6. The minimum absolute atomic E-state index is 0.183. The van der Waals surface area contributed by atoms with Gasteiger partial charge in [-0.25, -0.2) is 9.78 Å². The maximum atomic E-state index is 12.5. The number of rotatable bonds is 5. The summed E-state index contributed by atoms with van der Waals surface area (Å²) in [5, 5.41) is 4.44. The van der Waals surface area contributed by atoms with Crippen molar-refractivity contribution in [3.63, 3.8) is 0 Å². The van der Waals surface area contributed by atoms with E-state index in [1.807, 2.05) is 0 Å². The fourth-order valence-electron chi connectivity index (χ4n) is 2.95. The van der Waals surface area contributed by atoms with Gasteiger partial charge in [0, 0.05) is 11.6 Å². The van der Waals surface area contributed by atoms with Gasteiger partial charge in [-0.05, 0) is 30.3 Å². The lowest BCUT2D eigenvalue weighted by atomic mass is 10.0. The molecule has 3 heterocycles. The molecule has 8 heteroatoms. The van der Waals surface area contributed by atoms with Gasteiger partial charge in [-0.3, -0.25) is 0 Å². The van der Waals surface area contributed by atoms with E-state index >= 15 is 0 Å². The Labute approximate surface area is 159 Å². The molecule has 8 nitrogen and oxygen atoms in total. The van der Waals surface area contributed by atoms with Crippen LogP contribution in [-0.2, 0) is 4.74 Å². The van der Waals surface area contributed by atoms with Crippen LogP contribution in [0, 0.1) is 0 Å². The monoisotopic (exact) mass is 380 g/mol. The summed E-state index contributed by atoms with van der Waals surface area (Å²) in [6.45, 7) is 0. The molecule has 0 fully saturated rings. The Morgan fingerprint density at radius 2 is 1.93 bits per heavy atom. The Hall–Kier alpha value is -3.81. The van der Waals surface area contributed by atoms with Crippen molar-refractivity contribution in [3.8, 4) is 34.2 Å². The molecule has 0 saturated carbocycles. The zero-order valence-corrected chi connectivity index (χ0v) is 15.4. The van der Waals surface area contributed by atoms with Gasteiger partial charge in [0.25, 0.3) is 5.71 Å². The number of furan rings is 1. The van der Waals surface area contributed by atoms with Crippen molar-refractivity contribution in [3.05, 3.63) is 48.2 Å². The first-order valence-corrected chi connectivity index (χ1v) is 8.31. The quantitative estimate of drug-likeness (QED) is 0.480. The number of esters is 1. The molecule has 0 aliphatic carbocycles. The van der Waals surface area contributed by atoms with Crippen molar-refractivity contribution in [1.82, 2.24) is 10.1 Å². The van der Waals surface area contributed by atoms with E-state index < -0.39 is 5.97 Å². The molecule has 0 radical (unpaired) electrons. The number of pyridine rings is 1. The van der Waals surface area contributed by atoms with Gasteiger partial charge in [-0.1, -0.05) is 5.16 Å². The summed E-state index contributed by atoms with van der Waals surface area (Å²) in [4.78, 5) is 17.0. The van der Waals surface area contributed by atoms with Gasteiger partial charge in [-0.2, -0.15) is 0 Å². The highest BCUT2D eigenvalue weighted by atomic mass is 16.5. The van der Waals surface area contributed by atoms with Gasteiger partial charge in [0.15, 0.2) is 11.5 Å². The van der Waals surface area contributed by atoms with E-state index in [1.54, 1.807) is 50.6 Å². The number of methoxy groups -OCH3 is 3. The Balaban J connectivity index is 1.97. The number of carbonyl (C=O) groups is 1. The lowest BCUT2D eigenvalue weighted by Gasteiger charge is -2.11. The number of nitrogens with zero attached hydrogens (tertiary/aromatic N) is 2. The predicted molar refractivity (Wildman–Crippen MR) is 99.4 cm³/mol. The van der Waals surface area contributed by atoms with E-state index in [-0.39, 0.29) is 11.3 Å².